The highest BCUT2D eigenvalue weighted by Gasteiger charge is 2.48. The Balaban J connectivity index is 2.49. The molecule has 27 heavy (non-hydrogen) atoms. The molecule has 0 saturated heterocycles. The van der Waals surface area contributed by atoms with E-state index < -0.39 is 23.6 Å². The Kier molecular flexibility index (Phi) is 10.5. The third kappa shape index (κ3) is 7.49. The summed E-state index contributed by atoms with van der Waals surface area (Å²) in [6.07, 6.45) is 10.9. The van der Waals surface area contributed by atoms with Crippen LogP contribution in [-0.2, 0) is 4.79 Å². The number of aliphatic hydroxyl groups is 2. The number of allylic oxidation sites excluding steroid dienone is 2. The molecule has 0 aliphatic heterocycles. The van der Waals surface area contributed by atoms with Crippen LogP contribution in [0.2, 0.25) is 0 Å². The van der Waals surface area contributed by atoms with Crippen molar-refractivity contribution in [1.29, 1.82) is 0 Å². The van der Waals surface area contributed by atoms with Crippen LogP contribution in [0.3, 0.4) is 0 Å². The van der Waals surface area contributed by atoms with Gasteiger partial charge in [0.1, 0.15) is 0 Å². The van der Waals surface area contributed by atoms with Crippen molar-refractivity contribution in [2.24, 2.45) is 11.3 Å². The van der Waals surface area contributed by atoms with Crippen LogP contribution in [0.1, 0.15) is 90.4 Å². The SMILES string of the molecule is CCCCCCCC[C@@]1(C(F)F)CCC[C@H]1CC=CCCC(O)(O)C(=O)O. The normalized spacial score (nSPS) is 23.6. The summed E-state index contributed by atoms with van der Waals surface area (Å²) in [5, 5.41) is 27.2. The van der Waals surface area contributed by atoms with E-state index in [-0.39, 0.29) is 18.8 Å². The van der Waals surface area contributed by atoms with E-state index in [1.165, 1.54) is 19.3 Å². The van der Waals surface area contributed by atoms with Crippen molar-refractivity contribution < 1.29 is 28.9 Å². The molecular formula is C21H36F2O4. The number of rotatable bonds is 14. The number of carbonyl (C=O) groups is 1. The second-order valence-electron chi connectivity index (χ2n) is 8.01. The van der Waals surface area contributed by atoms with E-state index in [1.807, 2.05) is 0 Å². The van der Waals surface area contributed by atoms with Gasteiger partial charge in [0.15, 0.2) is 0 Å². The van der Waals surface area contributed by atoms with E-state index in [0.717, 1.165) is 32.1 Å². The first-order chi connectivity index (χ1) is 12.8. The number of unbranched alkanes of at least 4 members (excludes halogenated alkanes) is 5. The van der Waals surface area contributed by atoms with Gasteiger partial charge in [0, 0.05) is 11.8 Å². The summed E-state index contributed by atoms with van der Waals surface area (Å²) in [4.78, 5) is 10.6. The lowest BCUT2D eigenvalue weighted by Crippen LogP contribution is -2.37. The smallest absolute Gasteiger partial charge is 0.364 e. The summed E-state index contributed by atoms with van der Waals surface area (Å²) in [5.74, 6) is -4.47. The van der Waals surface area contributed by atoms with Crippen molar-refractivity contribution in [2.45, 2.75) is 103 Å². The number of hydrogen-bond acceptors (Lipinski definition) is 3. The maximum Gasteiger partial charge on any atom is 0.364 e. The number of aliphatic carboxylic acids is 1. The Morgan fingerprint density at radius 3 is 2.48 bits per heavy atom. The lowest BCUT2D eigenvalue weighted by Gasteiger charge is -2.35. The maximum atomic E-state index is 13.9. The van der Waals surface area contributed by atoms with E-state index in [2.05, 4.69) is 6.92 Å². The quantitative estimate of drug-likeness (QED) is 0.214. The lowest BCUT2D eigenvalue weighted by atomic mass is 9.72. The Morgan fingerprint density at radius 1 is 1.19 bits per heavy atom. The first kappa shape index (κ1) is 24.0. The summed E-state index contributed by atoms with van der Waals surface area (Å²) >= 11 is 0. The topological polar surface area (TPSA) is 77.8 Å². The second-order valence-corrected chi connectivity index (χ2v) is 8.01. The summed E-state index contributed by atoms with van der Waals surface area (Å²) in [7, 11) is 0. The Hall–Kier alpha value is -1.01. The van der Waals surface area contributed by atoms with Gasteiger partial charge in [0.05, 0.1) is 0 Å². The van der Waals surface area contributed by atoms with Crippen LogP contribution in [0.5, 0.6) is 0 Å². The molecule has 0 spiro atoms. The number of alkyl halides is 2. The van der Waals surface area contributed by atoms with Crippen molar-refractivity contribution in [2.75, 3.05) is 0 Å². The van der Waals surface area contributed by atoms with Crippen molar-refractivity contribution in [1.82, 2.24) is 0 Å². The first-order valence-corrected chi connectivity index (χ1v) is 10.4. The van der Waals surface area contributed by atoms with Gasteiger partial charge in [-0.15, -0.1) is 0 Å². The van der Waals surface area contributed by atoms with Gasteiger partial charge < -0.3 is 15.3 Å². The first-order valence-electron chi connectivity index (χ1n) is 10.4. The molecule has 1 fully saturated rings. The third-order valence-corrected chi connectivity index (χ3v) is 6.03. The monoisotopic (exact) mass is 390 g/mol. The summed E-state index contributed by atoms with van der Waals surface area (Å²) < 4.78 is 27.9. The van der Waals surface area contributed by atoms with Crippen LogP contribution < -0.4 is 0 Å². The Labute approximate surface area is 161 Å². The molecule has 1 rings (SSSR count). The van der Waals surface area contributed by atoms with Gasteiger partial charge >= 0.3 is 5.97 Å². The molecule has 1 aliphatic rings. The van der Waals surface area contributed by atoms with Crippen molar-refractivity contribution in [3.63, 3.8) is 0 Å². The Bertz CT molecular complexity index is 465. The van der Waals surface area contributed by atoms with Crippen LogP contribution >= 0.6 is 0 Å². The fraction of sp³-hybridized carbons (Fsp3) is 0.857. The van der Waals surface area contributed by atoms with Gasteiger partial charge in [-0.1, -0.05) is 64.0 Å². The highest BCUT2D eigenvalue weighted by atomic mass is 19.3. The van der Waals surface area contributed by atoms with Gasteiger partial charge in [-0.05, 0) is 38.0 Å². The molecule has 0 aromatic heterocycles. The lowest BCUT2D eigenvalue weighted by molar-refractivity contribution is -0.205. The molecule has 0 aromatic carbocycles. The molecule has 3 N–H and O–H groups in total. The highest BCUT2D eigenvalue weighted by molar-refractivity contribution is 5.74. The van der Waals surface area contributed by atoms with Crippen molar-refractivity contribution in [3.8, 4) is 0 Å². The minimum atomic E-state index is -2.73. The molecular weight excluding hydrogens is 354 g/mol. The van der Waals surface area contributed by atoms with Gasteiger partial charge in [0.25, 0.3) is 5.79 Å². The molecule has 0 radical (unpaired) electrons. The molecule has 6 heteroatoms. The number of hydrogen-bond donors (Lipinski definition) is 3. The molecule has 158 valence electrons. The van der Waals surface area contributed by atoms with Gasteiger partial charge in [-0.25, -0.2) is 13.6 Å². The molecule has 2 atom stereocenters. The minimum absolute atomic E-state index is 0.0584. The number of carboxylic acid groups (broad SMARTS) is 1. The molecule has 0 aromatic rings. The average Bonchev–Trinajstić information content (AvgIpc) is 3.01. The predicted octanol–water partition coefficient (Wildman–Crippen LogP) is 5.28. The van der Waals surface area contributed by atoms with Crippen LogP contribution in [0.15, 0.2) is 12.2 Å². The summed E-state index contributed by atoms with van der Waals surface area (Å²) in [5.41, 5.74) is -0.895. The third-order valence-electron chi connectivity index (χ3n) is 6.03. The fourth-order valence-corrected chi connectivity index (χ4v) is 4.25. The van der Waals surface area contributed by atoms with Gasteiger partial charge in [-0.3, -0.25) is 0 Å². The summed E-state index contributed by atoms with van der Waals surface area (Å²) in [6.45, 7) is 2.16. The molecule has 0 bridgehead atoms. The van der Waals surface area contributed by atoms with Crippen LogP contribution in [0.4, 0.5) is 8.78 Å². The molecule has 0 heterocycles. The zero-order chi connectivity index (χ0) is 20.3. The van der Waals surface area contributed by atoms with Crippen LogP contribution in [0, 0.1) is 11.3 Å². The largest absolute Gasteiger partial charge is 0.477 e. The molecule has 0 amide bonds. The van der Waals surface area contributed by atoms with E-state index >= 15 is 0 Å². The van der Waals surface area contributed by atoms with Crippen molar-refractivity contribution in [3.05, 3.63) is 12.2 Å². The van der Waals surface area contributed by atoms with Crippen molar-refractivity contribution >= 4 is 5.97 Å². The van der Waals surface area contributed by atoms with Gasteiger partial charge in [-0.2, -0.15) is 0 Å². The zero-order valence-corrected chi connectivity index (χ0v) is 16.5. The predicted molar refractivity (Wildman–Crippen MR) is 102 cm³/mol. The highest BCUT2D eigenvalue weighted by Crippen LogP contribution is 2.52. The van der Waals surface area contributed by atoms with E-state index in [4.69, 9.17) is 5.11 Å². The van der Waals surface area contributed by atoms with Crippen LogP contribution in [-0.4, -0.2) is 33.5 Å². The average molecular weight is 391 g/mol. The minimum Gasteiger partial charge on any atom is -0.477 e. The Morgan fingerprint density at radius 2 is 1.85 bits per heavy atom. The molecule has 0 unspecified atom stereocenters. The standard InChI is InChI=1S/C21H36F2O4/c1-2-3-4-5-6-9-14-20(18(22)23)15-11-13-17(20)12-8-7-10-16-21(26,27)19(24)25/h7-8,17-18,26-27H,2-6,9-16H2,1H3,(H,24,25)/t17-,20-/m1/s1. The molecule has 1 saturated carbocycles. The second kappa shape index (κ2) is 11.7. The number of halogens is 2. The van der Waals surface area contributed by atoms with E-state index in [0.29, 0.717) is 19.3 Å². The van der Waals surface area contributed by atoms with E-state index in [9.17, 15) is 23.8 Å². The van der Waals surface area contributed by atoms with Gasteiger partial charge in [0.2, 0.25) is 6.43 Å². The molecule has 1 aliphatic carbocycles. The molecule has 4 nitrogen and oxygen atoms in total. The zero-order valence-electron chi connectivity index (χ0n) is 16.5. The number of carboxylic acids is 1. The fourth-order valence-electron chi connectivity index (χ4n) is 4.25. The van der Waals surface area contributed by atoms with Crippen LogP contribution in [0.25, 0.3) is 0 Å². The van der Waals surface area contributed by atoms with E-state index in [1.54, 1.807) is 12.2 Å². The maximum absolute atomic E-state index is 13.9. The summed E-state index contributed by atoms with van der Waals surface area (Å²) in [6, 6.07) is 0.